The molecule has 0 unspecified atom stereocenters. The number of pyridine rings is 1. The number of rotatable bonds is 5. The molecule has 0 amide bonds. The Hall–Kier alpha value is -5.04. The van der Waals surface area contributed by atoms with Crippen molar-refractivity contribution >= 4 is 52.2 Å². The molecule has 0 bridgehead atoms. The SMILES string of the molecule is CN1C=NN(c2ccc3c(c2)B(c2cccc(Oc4ccccn4)c2)c2ccccc2N3c2ccccc2)C1. The van der Waals surface area contributed by atoms with Gasteiger partial charge in [0, 0.05) is 36.4 Å². The van der Waals surface area contributed by atoms with Gasteiger partial charge < -0.3 is 14.5 Å². The molecule has 4 aromatic carbocycles. The zero-order valence-electron chi connectivity index (χ0n) is 21.6. The molecule has 0 saturated heterocycles. The van der Waals surface area contributed by atoms with Crippen molar-refractivity contribution in [2.24, 2.45) is 5.10 Å². The molecule has 188 valence electrons. The quantitative estimate of drug-likeness (QED) is 0.313. The minimum atomic E-state index is 0.00714. The molecule has 7 heteroatoms. The van der Waals surface area contributed by atoms with Gasteiger partial charge in [-0.1, -0.05) is 60.1 Å². The summed E-state index contributed by atoms with van der Waals surface area (Å²) in [5.74, 6) is 1.34. The summed E-state index contributed by atoms with van der Waals surface area (Å²) in [5.41, 5.74) is 8.13. The molecule has 2 aliphatic heterocycles. The average molecular weight is 507 g/mol. The summed E-state index contributed by atoms with van der Waals surface area (Å²) in [5, 5.41) is 6.64. The van der Waals surface area contributed by atoms with Gasteiger partial charge in [0.15, 0.2) is 0 Å². The number of ether oxygens (including phenoxy) is 1. The van der Waals surface area contributed by atoms with Crippen LogP contribution in [0.5, 0.6) is 11.6 Å². The van der Waals surface area contributed by atoms with Crippen molar-refractivity contribution in [3.05, 3.63) is 121 Å². The van der Waals surface area contributed by atoms with E-state index in [-0.39, 0.29) is 6.71 Å². The van der Waals surface area contributed by atoms with Crippen LogP contribution in [-0.2, 0) is 0 Å². The summed E-state index contributed by atoms with van der Waals surface area (Å²) in [6.07, 6.45) is 3.60. The van der Waals surface area contributed by atoms with E-state index in [4.69, 9.17) is 4.74 Å². The second-order valence-corrected chi connectivity index (χ2v) is 9.78. The van der Waals surface area contributed by atoms with Crippen molar-refractivity contribution in [1.82, 2.24) is 9.88 Å². The Morgan fingerprint density at radius 3 is 2.36 bits per heavy atom. The molecule has 2 aliphatic rings. The van der Waals surface area contributed by atoms with Crippen molar-refractivity contribution < 1.29 is 4.74 Å². The Morgan fingerprint density at radius 2 is 1.54 bits per heavy atom. The lowest BCUT2D eigenvalue weighted by Gasteiger charge is -2.37. The summed E-state index contributed by atoms with van der Waals surface area (Å²) in [4.78, 5) is 8.77. The van der Waals surface area contributed by atoms with E-state index in [1.165, 1.54) is 16.6 Å². The number of anilines is 4. The molecule has 0 atom stereocenters. The van der Waals surface area contributed by atoms with E-state index in [1.807, 2.05) is 42.7 Å². The van der Waals surface area contributed by atoms with Crippen molar-refractivity contribution in [1.29, 1.82) is 0 Å². The lowest BCUT2D eigenvalue weighted by molar-refractivity contribution is 0.463. The maximum atomic E-state index is 6.14. The lowest BCUT2D eigenvalue weighted by atomic mass is 9.35. The summed E-state index contributed by atoms with van der Waals surface area (Å²) in [6.45, 7) is 0.725. The second kappa shape index (κ2) is 9.69. The highest BCUT2D eigenvalue weighted by atomic mass is 16.5. The highest BCUT2D eigenvalue weighted by Crippen LogP contribution is 2.37. The molecule has 0 N–H and O–H groups in total. The summed E-state index contributed by atoms with van der Waals surface area (Å²) >= 11 is 0. The van der Waals surface area contributed by atoms with Crippen LogP contribution in [0.2, 0.25) is 0 Å². The number of nitrogens with zero attached hydrogens (tertiary/aromatic N) is 5. The molecule has 6 nitrogen and oxygen atoms in total. The maximum absolute atomic E-state index is 6.14. The van der Waals surface area contributed by atoms with E-state index in [0.717, 1.165) is 34.9 Å². The zero-order chi connectivity index (χ0) is 26.2. The molecule has 0 spiro atoms. The monoisotopic (exact) mass is 507 g/mol. The molecule has 0 aliphatic carbocycles. The van der Waals surface area contributed by atoms with Crippen molar-refractivity contribution in [3.63, 3.8) is 0 Å². The highest BCUT2D eigenvalue weighted by molar-refractivity contribution is 6.98. The molecule has 3 heterocycles. The Labute approximate surface area is 228 Å². The largest absolute Gasteiger partial charge is 0.439 e. The molecular formula is C32H26BN5O. The summed E-state index contributed by atoms with van der Waals surface area (Å²) in [6, 6.07) is 40.0. The topological polar surface area (TPSA) is 44.2 Å². The maximum Gasteiger partial charge on any atom is 0.246 e. The van der Waals surface area contributed by atoms with Gasteiger partial charge in [-0.3, -0.25) is 0 Å². The third-order valence-corrected chi connectivity index (χ3v) is 7.16. The van der Waals surface area contributed by atoms with Gasteiger partial charge in [-0.05, 0) is 65.5 Å². The van der Waals surface area contributed by atoms with E-state index < -0.39 is 0 Å². The number of hydrogen-bond acceptors (Lipinski definition) is 6. The van der Waals surface area contributed by atoms with Gasteiger partial charge in [0.1, 0.15) is 18.8 Å². The fourth-order valence-electron chi connectivity index (χ4n) is 5.45. The lowest BCUT2D eigenvalue weighted by Crippen LogP contribution is -2.57. The van der Waals surface area contributed by atoms with E-state index in [1.54, 1.807) is 6.20 Å². The molecule has 39 heavy (non-hydrogen) atoms. The van der Waals surface area contributed by atoms with Gasteiger partial charge in [-0.25, -0.2) is 9.99 Å². The number of para-hydroxylation sites is 2. The first-order chi connectivity index (χ1) is 19.2. The third kappa shape index (κ3) is 4.28. The summed E-state index contributed by atoms with van der Waals surface area (Å²) < 4.78 is 6.14. The highest BCUT2D eigenvalue weighted by Gasteiger charge is 2.36. The van der Waals surface area contributed by atoms with Crippen LogP contribution in [0.3, 0.4) is 0 Å². The Bertz CT molecular complexity index is 1660. The van der Waals surface area contributed by atoms with E-state index in [0.29, 0.717) is 5.88 Å². The van der Waals surface area contributed by atoms with Gasteiger partial charge >= 0.3 is 0 Å². The normalized spacial score (nSPS) is 13.9. The molecular weight excluding hydrogens is 481 g/mol. The molecule has 5 aromatic rings. The predicted octanol–water partition coefficient (Wildman–Crippen LogP) is 4.83. The van der Waals surface area contributed by atoms with Crippen LogP contribution in [0.4, 0.5) is 22.7 Å². The Kier molecular flexibility index (Phi) is 5.74. The van der Waals surface area contributed by atoms with Gasteiger partial charge in [0.05, 0.1) is 5.69 Å². The van der Waals surface area contributed by atoms with E-state index in [9.17, 15) is 0 Å². The predicted molar refractivity (Wildman–Crippen MR) is 160 cm³/mol. The second-order valence-electron chi connectivity index (χ2n) is 9.78. The van der Waals surface area contributed by atoms with Crippen LogP contribution < -0.4 is 31.0 Å². The zero-order valence-corrected chi connectivity index (χ0v) is 21.6. The number of benzene rings is 4. The van der Waals surface area contributed by atoms with Crippen LogP contribution in [0.25, 0.3) is 0 Å². The first-order valence-electron chi connectivity index (χ1n) is 13.0. The third-order valence-electron chi connectivity index (χ3n) is 7.16. The van der Waals surface area contributed by atoms with Crippen molar-refractivity contribution in [2.75, 3.05) is 23.6 Å². The first kappa shape index (κ1) is 23.1. The standard InChI is InChI=1S/C32H26BN5O/c1-36-22-35-37(23-36)26-17-18-31-29(21-26)33(24-10-9-13-27(20-24)39-32-16-7-8-19-34-32)28-14-5-6-15-30(28)38(31)25-11-3-2-4-12-25/h2-22H,23H2,1H3. The van der Waals surface area contributed by atoms with Gasteiger partial charge in [-0.15, -0.1) is 0 Å². The number of aromatic nitrogens is 1. The van der Waals surface area contributed by atoms with Crippen LogP contribution in [-0.4, -0.2) is 36.7 Å². The summed E-state index contributed by atoms with van der Waals surface area (Å²) in [7, 11) is 2.03. The van der Waals surface area contributed by atoms with Crippen molar-refractivity contribution in [2.45, 2.75) is 0 Å². The fraction of sp³-hybridized carbons (Fsp3) is 0.0625. The van der Waals surface area contributed by atoms with Crippen molar-refractivity contribution in [3.8, 4) is 11.6 Å². The smallest absolute Gasteiger partial charge is 0.246 e. The number of hydrazone groups is 1. The molecule has 0 fully saturated rings. The van der Waals surface area contributed by atoms with Crippen LogP contribution >= 0.6 is 0 Å². The van der Waals surface area contributed by atoms with Gasteiger partial charge in [0.2, 0.25) is 12.6 Å². The van der Waals surface area contributed by atoms with Gasteiger partial charge in [0.25, 0.3) is 0 Å². The Balaban J connectivity index is 1.40. The first-order valence-corrected chi connectivity index (χ1v) is 13.0. The molecule has 1 aromatic heterocycles. The minimum absolute atomic E-state index is 0.00714. The van der Waals surface area contributed by atoms with Crippen LogP contribution in [0, 0.1) is 0 Å². The Morgan fingerprint density at radius 1 is 0.718 bits per heavy atom. The molecule has 0 radical (unpaired) electrons. The van der Waals surface area contributed by atoms with E-state index >= 15 is 0 Å². The number of hydrogen-bond donors (Lipinski definition) is 0. The van der Waals surface area contributed by atoms with Crippen LogP contribution in [0.1, 0.15) is 0 Å². The van der Waals surface area contributed by atoms with Crippen LogP contribution in [0.15, 0.2) is 127 Å². The van der Waals surface area contributed by atoms with E-state index in [2.05, 4.69) is 111 Å². The average Bonchev–Trinajstić information content (AvgIpc) is 3.43. The fourth-order valence-corrected chi connectivity index (χ4v) is 5.45. The molecule has 7 rings (SSSR count). The van der Waals surface area contributed by atoms with Gasteiger partial charge in [-0.2, -0.15) is 5.10 Å². The number of fused-ring (bicyclic) bond motifs is 2. The molecule has 0 saturated carbocycles. The minimum Gasteiger partial charge on any atom is -0.439 e.